The highest BCUT2D eigenvalue weighted by Gasteiger charge is 2.33. The Kier molecular flexibility index (Phi) is 4.48. The third-order valence-corrected chi connectivity index (χ3v) is 4.04. The molecular weight excluding hydrogens is 238 g/mol. The first-order valence-electron chi connectivity index (χ1n) is 7.19. The van der Waals surface area contributed by atoms with Crippen LogP contribution in [0.1, 0.15) is 45.3 Å². The summed E-state index contributed by atoms with van der Waals surface area (Å²) in [6, 6.07) is 7.78. The minimum absolute atomic E-state index is 0.196. The standard InChI is InChI=1S/C16H25NO2/c1-4-19-15-9-6-5-8-13(15)14(18)12-17-11-7-10-16(17,2)3/h5-6,8-9,14,18H,4,7,10-12H2,1-3H3. The fourth-order valence-corrected chi connectivity index (χ4v) is 2.85. The van der Waals surface area contributed by atoms with Crippen molar-refractivity contribution >= 4 is 0 Å². The molecule has 0 radical (unpaired) electrons. The summed E-state index contributed by atoms with van der Waals surface area (Å²) >= 11 is 0. The van der Waals surface area contributed by atoms with Gasteiger partial charge in [0.25, 0.3) is 0 Å². The van der Waals surface area contributed by atoms with E-state index in [1.807, 2.05) is 31.2 Å². The number of aliphatic hydroxyl groups excluding tert-OH is 1. The fraction of sp³-hybridized carbons (Fsp3) is 0.625. The maximum atomic E-state index is 10.5. The van der Waals surface area contributed by atoms with Gasteiger partial charge in [-0.2, -0.15) is 0 Å². The highest BCUT2D eigenvalue weighted by atomic mass is 16.5. The normalized spacial score (nSPS) is 20.4. The van der Waals surface area contributed by atoms with Crippen LogP contribution in [0.3, 0.4) is 0 Å². The minimum atomic E-state index is -0.486. The van der Waals surface area contributed by atoms with E-state index in [-0.39, 0.29) is 5.54 Å². The summed E-state index contributed by atoms with van der Waals surface area (Å²) in [6.45, 7) is 8.84. The van der Waals surface area contributed by atoms with Crippen LogP contribution in [0.4, 0.5) is 0 Å². The molecule has 0 saturated carbocycles. The Morgan fingerprint density at radius 3 is 2.74 bits per heavy atom. The Morgan fingerprint density at radius 1 is 1.37 bits per heavy atom. The van der Waals surface area contributed by atoms with Gasteiger partial charge in [0.1, 0.15) is 5.75 Å². The number of aliphatic hydroxyl groups is 1. The number of hydrogen-bond acceptors (Lipinski definition) is 3. The molecular formula is C16H25NO2. The van der Waals surface area contributed by atoms with Gasteiger partial charge in [0, 0.05) is 17.6 Å². The van der Waals surface area contributed by atoms with Gasteiger partial charge in [0.2, 0.25) is 0 Å². The van der Waals surface area contributed by atoms with Crippen molar-refractivity contribution in [3.05, 3.63) is 29.8 Å². The van der Waals surface area contributed by atoms with Crippen LogP contribution >= 0.6 is 0 Å². The molecule has 0 aliphatic carbocycles. The lowest BCUT2D eigenvalue weighted by atomic mass is 10.0. The number of β-amino-alcohol motifs (C(OH)–C–C–N with tert-alkyl or cyclic N) is 1. The minimum Gasteiger partial charge on any atom is -0.493 e. The summed E-state index contributed by atoms with van der Waals surface area (Å²) in [5.74, 6) is 0.800. The van der Waals surface area contributed by atoms with Gasteiger partial charge in [-0.25, -0.2) is 0 Å². The van der Waals surface area contributed by atoms with E-state index in [1.54, 1.807) is 0 Å². The maximum Gasteiger partial charge on any atom is 0.125 e. The van der Waals surface area contributed by atoms with Gasteiger partial charge in [0.05, 0.1) is 12.7 Å². The van der Waals surface area contributed by atoms with Gasteiger partial charge >= 0.3 is 0 Å². The van der Waals surface area contributed by atoms with Crippen molar-refractivity contribution in [2.75, 3.05) is 19.7 Å². The first-order valence-corrected chi connectivity index (χ1v) is 7.19. The summed E-state index contributed by atoms with van der Waals surface area (Å²) < 4.78 is 5.60. The highest BCUT2D eigenvalue weighted by Crippen LogP contribution is 2.32. The van der Waals surface area contributed by atoms with Crippen molar-refractivity contribution < 1.29 is 9.84 Å². The van der Waals surface area contributed by atoms with Gasteiger partial charge in [0.15, 0.2) is 0 Å². The summed E-state index contributed by atoms with van der Waals surface area (Å²) in [5.41, 5.74) is 1.09. The van der Waals surface area contributed by atoms with Crippen LogP contribution in [-0.4, -0.2) is 35.2 Å². The quantitative estimate of drug-likeness (QED) is 0.886. The molecule has 0 bridgehead atoms. The van der Waals surface area contributed by atoms with Crippen molar-refractivity contribution in [1.82, 2.24) is 4.90 Å². The molecule has 2 rings (SSSR count). The number of para-hydroxylation sites is 1. The Labute approximate surface area is 116 Å². The number of rotatable bonds is 5. The maximum absolute atomic E-state index is 10.5. The van der Waals surface area contributed by atoms with Crippen LogP contribution < -0.4 is 4.74 Å². The largest absolute Gasteiger partial charge is 0.493 e. The van der Waals surface area contributed by atoms with Crippen LogP contribution in [0.2, 0.25) is 0 Å². The molecule has 0 spiro atoms. The van der Waals surface area contributed by atoms with E-state index in [4.69, 9.17) is 4.74 Å². The topological polar surface area (TPSA) is 32.7 Å². The lowest BCUT2D eigenvalue weighted by Gasteiger charge is -2.33. The summed E-state index contributed by atoms with van der Waals surface area (Å²) in [4.78, 5) is 2.38. The second-order valence-electron chi connectivity index (χ2n) is 5.85. The van der Waals surface area contributed by atoms with Crippen LogP contribution in [0, 0.1) is 0 Å². The molecule has 1 aliphatic heterocycles. The molecule has 1 saturated heterocycles. The monoisotopic (exact) mass is 263 g/mol. The van der Waals surface area contributed by atoms with Crippen molar-refractivity contribution in [2.45, 2.75) is 45.3 Å². The third kappa shape index (κ3) is 3.28. The predicted molar refractivity (Wildman–Crippen MR) is 77.5 cm³/mol. The molecule has 1 heterocycles. The number of nitrogens with zero attached hydrogens (tertiary/aromatic N) is 1. The lowest BCUT2D eigenvalue weighted by Crippen LogP contribution is -2.40. The zero-order valence-electron chi connectivity index (χ0n) is 12.2. The number of likely N-dealkylation sites (tertiary alicyclic amines) is 1. The number of ether oxygens (including phenoxy) is 1. The molecule has 19 heavy (non-hydrogen) atoms. The Balaban J connectivity index is 2.09. The van der Waals surface area contributed by atoms with E-state index in [2.05, 4.69) is 18.7 Å². The first-order chi connectivity index (χ1) is 9.04. The number of benzene rings is 1. The van der Waals surface area contributed by atoms with Crippen LogP contribution in [0.5, 0.6) is 5.75 Å². The summed E-state index contributed by atoms with van der Waals surface area (Å²) in [7, 11) is 0. The average Bonchev–Trinajstić information content (AvgIpc) is 2.70. The van der Waals surface area contributed by atoms with E-state index in [0.29, 0.717) is 13.2 Å². The Morgan fingerprint density at radius 2 is 2.11 bits per heavy atom. The van der Waals surface area contributed by atoms with Gasteiger partial charge in [-0.15, -0.1) is 0 Å². The highest BCUT2D eigenvalue weighted by molar-refractivity contribution is 5.35. The van der Waals surface area contributed by atoms with Crippen LogP contribution in [0.15, 0.2) is 24.3 Å². The predicted octanol–water partition coefficient (Wildman–Crippen LogP) is 2.99. The molecule has 3 heteroatoms. The van der Waals surface area contributed by atoms with E-state index in [0.717, 1.165) is 17.9 Å². The Hall–Kier alpha value is -1.06. The summed E-state index contributed by atoms with van der Waals surface area (Å²) in [5, 5.41) is 10.5. The van der Waals surface area contributed by atoms with Crippen molar-refractivity contribution in [2.24, 2.45) is 0 Å². The third-order valence-electron chi connectivity index (χ3n) is 4.04. The number of hydrogen-bond donors (Lipinski definition) is 1. The van der Waals surface area contributed by atoms with Gasteiger partial charge in [-0.3, -0.25) is 4.90 Å². The zero-order chi connectivity index (χ0) is 13.9. The average molecular weight is 263 g/mol. The molecule has 1 aromatic rings. The van der Waals surface area contributed by atoms with Gasteiger partial charge in [-0.1, -0.05) is 18.2 Å². The first kappa shape index (κ1) is 14.4. The molecule has 1 aliphatic rings. The zero-order valence-corrected chi connectivity index (χ0v) is 12.2. The SMILES string of the molecule is CCOc1ccccc1C(O)CN1CCCC1(C)C. The van der Waals surface area contributed by atoms with Crippen LogP contribution in [-0.2, 0) is 0 Å². The molecule has 1 atom stereocenters. The molecule has 1 unspecified atom stereocenters. The van der Waals surface area contributed by atoms with Crippen LogP contribution in [0.25, 0.3) is 0 Å². The molecule has 106 valence electrons. The second kappa shape index (κ2) is 5.93. The van der Waals surface area contributed by atoms with E-state index >= 15 is 0 Å². The van der Waals surface area contributed by atoms with Crippen molar-refractivity contribution in [3.63, 3.8) is 0 Å². The summed E-state index contributed by atoms with van der Waals surface area (Å²) in [6.07, 6.45) is 1.93. The molecule has 0 aromatic heterocycles. The molecule has 1 N–H and O–H groups in total. The fourth-order valence-electron chi connectivity index (χ4n) is 2.85. The Bertz CT molecular complexity index is 417. The van der Waals surface area contributed by atoms with Crippen molar-refractivity contribution in [1.29, 1.82) is 0 Å². The van der Waals surface area contributed by atoms with E-state index in [9.17, 15) is 5.11 Å². The van der Waals surface area contributed by atoms with E-state index in [1.165, 1.54) is 12.8 Å². The van der Waals surface area contributed by atoms with Gasteiger partial charge < -0.3 is 9.84 Å². The molecule has 1 fully saturated rings. The smallest absolute Gasteiger partial charge is 0.125 e. The second-order valence-corrected chi connectivity index (χ2v) is 5.85. The van der Waals surface area contributed by atoms with Crippen molar-refractivity contribution in [3.8, 4) is 5.75 Å². The lowest BCUT2D eigenvalue weighted by molar-refractivity contribution is 0.0760. The molecule has 0 amide bonds. The van der Waals surface area contributed by atoms with E-state index < -0.39 is 6.10 Å². The molecule has 3 nitrogen and oxygen atoms in total. The molecule has 1 aromatic carbocycles. The van der Waals surface area contributed by atoms with Gasteiger partial charge in [-0.05, 0) is 46.2 Å².